The van der Waals surface area contributed by atoms with E-state index in [2.05, 4.69) is 4.98 Å². The maximum atomic E-state index is 11.0. The Morgan fingerprint density at radius 2 is 1.95 bits per heavy atom. The fourth-order valence-corrected chi connectivity index (χ4v) is 1.53. The number of aromatic carboxylic acids is 1. The molecule has 2 aromatic rings. The maximum Gasteiger partial charge on any atom is 0.338 e. The number of nitrogens with two attached hydrogens (primary N) is 1. The number of aromatic nitrogens is 1. The van der Waals surface area contributed by atoms with Gasteiger partial charge in [0, 0.05) is 6.20 Å². The van der Waals surface area contributed by atoms with Crippen LogP contribution in [0.25, 0.3) is 0 Å². The summed E-state index contributed by atoms with van der Waals surface area (Å²) in [4.78, 5) is 14.9. The van der Waals surface area contributed by atoms with Crippen LogP contribution in [0.4, 0.5) is 5.69 Å². The number of methoxy groups -OCH3 is 1. The van der Waals surface area contributed by atoms with Gasteiger partial charge in [0.1, 0.15) is 5.69 Å². The summed E-state index contributed by atoms with van der Waals surface area (Å²) in [5.41, 5.74) is 5.63. The molecule has 0 radical (unpaired) electrons. The van der Waals surface area contributed by atoms with Crippen LogP contribution in [0.15, 0.2) is 36.5 Å². The highest BCUT2D eigenvalue weighted by Gasteiger charge is 2.15. The molecule has 1 aromatic carbocycles. The smallest absolute Gasteiger partial charge is 0.338 e. The zero-order valence-electron chi connectivity index (χ0n) is 10.2. The molecule has 6 heteroatoms. The summed E-state index contributed by atoms with van der Waals surface area (Å²) in [6, 6.07) is 8.25. The summed E-state index contributed by atoms with van der Waals surface area (Å²) in [5.74, 6) is -0.189. The zero-order valence-corrected chi connectivity index (χ0v) is 10.2. The Labute approximate surface area is 109 Å². The van der Waals surface area contributed by atoms with Crippen LogP contribution in [-0.4, -0.2) is 23.2 Å². The van der Waals surface area contributed by atoms with Crippen LogP contribution in [-0.2, 0) is 0 Å². The first kappa shape index (κ1) is 12.7. The molecule has 3 N–H and O–H groups in total. The third kappa shape index (κ3) is 2.57. The van der Waals surface area contributed by atoms with E-state index in [1.54, 1.807) is 24.3 Å². The zero-order chi connectivity index (χ0) is 13.8. The van der Waals surface area contributed by atoms with Gasteiger partial charge in [-0.3, -0.25) is 0 Å². The molecule has 0 spiro atoms. The predicted molar refractivity (Wildman–Crippen MR) is 68.7 cm³/mol. The minimum Gasteiger partial charge on any atom is -0.493 e. The molecule has 0 aliphatic heterocycles. The van der Waals surface area contributed by atoms with E-state index >= 15 is 0 Å². The van der Waals surface area contributed by atoms with Crippen molar-refractivity contribution in [2.24, 2.45) is 0 Å². The van der Waals surface area contributed by atoms with Gasteiger partial charge in [-0.1, -0.05) is 12.1 Å². The van der Waals surface area contributed by atoms with E-state index in [9.17, 15) is 4.79 Å². The van der Waals surface area contributed by atoms with Crippen molar-refractivity contribution in [1.29, 1.82) is 0 Å². The summed E-state index contributed by atoms with van der Waals surface area (Å²) in [7, 11) is 1.51. The molecule has 0 saturated heterocycles. The number of hydrogen-bond acceptors (Lipinski definition) is 5. The Bertz CT molecular complexity index is 613. The van der Waals surface area contributed by atoms with E-state index in [0.717, 1.165) is 0 Å². The first-order chi connectivity index (χ1) is 9.13. The molecule has 1 aromatic heterocycles. The molecule has 19 heavy (non-hydrogen) atoms. The van der Waals surface area contributed by atoms with Crippen LogP contribution in [0.2, 0.25) is 0 Å². The third-order valence-corrected chi connectivity index (χ3v) is 2.46. The molecule has 0 bridgehead atoms. The third-order valence-electron chi connectivity index (χ3n) is 2.46. The highest BCUT2D eigenvalue weighted by molar-refractivity contribution is 5.94. The standard InChI is InChI=1S/C13H12N2O4/c1-18-9-4-2-3-5-10(9)19-12-11(14)8(13(16)17)6-7-15-12/h2-7H,14H2,1H3,(H,16,17). The van der Waals surface area contributed by atoms with E-state index in [1.165, 1.54) is 19.4 Å². The lowest BCUT2D eigenvalue weighted by Gasteiger charge is -2.11. The number of nitrogens with zero attached hydrogens (tertiary/aromatic N) is 1. The van der Waals surface area contributed by atoms with Crippen molar-refractivity contribution < 1.29 is 19.4 Å². The average Bonchev–Trinajstić information content (AvgIpc) is 2.41. The van der Waals surface area contributed by atoms with Crippen molar-refractivity contribution in [3.8, 4) is 17.4 Å². The lowest BCUT2D eigenvalue weighted by molar-refractivity contribution is 0.0697. The van der Waals surface area contributed by atoms with Gasteiger partial charge in [-0.15, -0.1) is 0 Å². The molecular weight excluding hydrogens is 248 g/mol. The summed E-state index contributed by atoms with van der Waals surface area (Å²) in [5, 5.41) is 8.97. The van der Waals surface area contributed by atoms with E-state index in [1.807, 2.05) is 0 Å². The second-order valence-corrected chi connectivity index (χ2v) is 3.64. The Morgan fingerprint density at radius 3 is 2.58 bits per heavy atom. The molecule has 98 valence electrons. The number of para-hydroxylation sites is 2. The van der Waals surface area contributed by atoms with E-state index in [0.29, 0.717) is 11.5 Å². The number of nitrogen functional groups attached to an aromatic ring is 1. The normalized spacial score (nSPS) is 9.95. The SMILES string of the molecule is COc1ccccc1Oc1nccc(C(=O)O)c1N. The van der Waals surface area contributed by atoms with Crippen LogP contribution in [0.3, 0.4) is 0 Å². The van der Waals surface area contributed by atoms with Crippen molar-refractivity contribution >= 4 is 11.7 Å². The Balaban J connectivity index is 2.39. The van der Waals surface area contributed by atoms with Crippen molar-refractivity contribution in [2.75, 3.05) is 12.8 Å². The molecule has 0 atom stereocenters. The number of rotatable bonds is 4. The second-order valence-electron chi connectivity index (χ2n) is 3.64. The average molecular weight is 260 g/mol. The summed E-state index contributed by atoms with van der Waals surface area (Å²) >= 11 is 0. The minimum atomic E-state index is -1.13. The molecular formula is C13H12N2O4. The van der Waals surface area contributed by atoms with Crippen LogP contribution < -0.4 is 15.2 Å². The van der Waals surface area contributed by atoms with Crippen molar-refractivity contribution in [3.05, 3.63) is 42.1 Å². The van der Waals surface area contributed by atoms with Gasteiger partial charge in [0.25, 0.3) is 0 Å². The Morgan fingerprint density at radius 1 is 1.26 bits per heavy atom. The number of benzene rings is 1. The number of ether oxygens (including phenoxy) is 2. The number of anilines is 1. The molecule has 0 fully saturated rings. The van der Waals surface area contributed by atoms with Crippen LogP contribution >= 0.6 is 0 Å². The van der Waals surface area contributed by atoms with E-state index < -0.39 is 5.97 Å². The first-order valence-electron chi connectivity index (χ1n) is 5.42. The van der Waals surface area contributed by atoms with Gasteiger partial charge in [-0.2, -0.15) is 0 Å². The van der Waals surface area contributed by atoms with Gasteiger partial charge in [-0.05, 0) is 18.2 Å². The lowest BCUT2D eigenvalue weighted by atomic mass is 10.2. The van der Waals surface area contributed by atoms with Gasteiger partial charge in [0.05, 0.1) is 12.7 Å². The molecule has 2 rings (SSSR count). The van der Waals surface area contributed by atoms with Gasteiger partial charge in [0.2, 0.25) is 5.88 Å². The van der Waals surface area contributed by atoms with Crippen LogP contribution in [0, 0.1) is 0 Å². The summed E-state index contributed by atoms with van der Waals surface area (Å²) < 4.78 is 10.6. The molecule has 1 heterocycles. The Hall–Kier alpha value is -2.76. The largest absolute Gasteiger partial charge is 0.493 e. The molecule has 0 aliphatic carbocycles. The van der Waals surface area contributed by atoms with Gasteiger partial charge in [0.15, 0.2) is 11.5 Å². The monoisotopic (exact) mass is 260 g/mol. The highest BCUT2D eigenvalue weighted by Crippen LogP contribution is 2.33. The van der Waals surface area contributed by atoms with E-state index in [-0.39, 0.29) is 17.1 Å². The number of carbonyl (C=O) groups is 1. The summed E-state index contributed by atoms with van der Waals surface area (Å²) in [6.07, 6.45) is 1.32. The Kier molecular flexibility index (Phi) is 3.51. The number of carboxylic acids is 1. The molecule has 0 amide bonds. The van der Waals surface area contributed by atoms with Crippen molar-refractivity contribution in [3.63, 3.8) is 0 Å². The number of carboxylic acid groups (broad SMARTS) is 1. The van der Waals surface area contributed by atoms with Gasteiger partial charge < -0.3 is 20.3 Å². The molecule has 6 nitrogen and oxygen atoms in total. The fourth-order valence-electron chi connectivity index (χ4n) is 1.53. The second kappa shape index (κ2) is 5.26. The molecule has 0 aliphatic rings. The number of hydrogen-bond donors (Lipinski definition) is 2. The quantitative estimate of drug-likeness (QED) is 0.874. The fraction of sp³-hybridized carbons (Fsp3) is 0.0769. The van der Waals surface area contributed by atoms with Crippen molar-refractivity contribution in [1.82, 2.24) is 4.98 Å². The van der Waals surface area contributed by atoms with Crippen LogP contribution in [0.5, 0.6) is 17.4 Å². The maximum absolute atomic E-state index is 11.0. The first-order valence-corrected chi connectivity index (χ1v) is 5.42. The molecule has 0 saturated carbocycles. The molecule has 0 unspecified atom stereocenters. The van der Waals surface area contributed by atoms with Crippen LogP contribution in [0.1, 0.15) is 10.4 Å². The topological polar surface area (TPSA) is 94.7 Å². The van der Waals surface area contributed by atoms with E-state index in [4.69, 9.17) is 20.3 Å². The number of pyridine rings is 1. The highest BCUT2D eigenvalue weighted by atomic mass is 16.5. The van der Waals surface area contributed by atoms with Crippen molar-refractivity contribution in [2.45, 2.75) is 0 Å². The lowest BCUT2D eigenvalue weighted by Crippen LogP contribution is -2.05. The summed E-state index contributed by atoms with van der Waals surface area (Å²) in [6.45, 7) is 0. The minimum absolute atomic E-state index is 0.0269. The predicted octanol–water partition coefficient (Wildman–Crippen LogP) is 2.16. The van der Waals surface area contributed by atoms with Gasteiger partial charge >= 0.3 is 5.97 Å². The van der Waals surface area contributed by atoms with Gasteiger partial charge in [-0.25, -0.2) is 9.78 Å².